The number of nitrogens with zero attached hydrogens (tertiary/aromatic N) is 1. The van der Waals surface area contributed by atoms with E-state index >= 15 is 0 Å². The number of sulfone groups is 1. The van der Waals surface area contributed by atoms with E-state index in [1.54, 1.807) is 17.0 Å². The molecule has 8 heteroatoms. The number of fused-ring (bicyclic) bond motifs is 1. The van der Waals surface area contributed by atoms with Crippen LogP contribution in [0.1, 0.15) is 25.3 Å². The van der Waals surface area contributed by atoms with Gasteiger partial charge in [-0.05, 0) is 31.4 Å². The highest BCUT2D eigenvalue weighted by atomic mass is 32.2. The molecule has 0 bridgehead atoms. The Balaban J connectivity index is 1.65. The van der Waals surface area contributed by atoms with Crippen LogP contribution in [0.4, 0.5) is 16.2 Å². The van der Waals surface area contributed by atoms with Gasteiger partial charge in [-0.2, -0.15) is 0 Å². The normalized spacial score (nSPS) is 21.4. The molecule has 0 aliphatic carbocycles. The minimum Gasteiger partial charge on any atom is -0.337 e. The molecular weight excluding hydrogens is 330 g/mol. The van der Waals surface area contributed by atoms with E-state index in [0.717, 1.165) is 11.3 Å². The number of hydrogen-bond acceptors (Lipinski definition) is 4. The quantitative estimate of drug-likeness (QED) is 0.858. The molecule has 2 heterocycles. The fourth-order valence-corrected chi connectivity index (χ4v) is 5.10. The minimum absolute atomic E-state index is 0.0261. The molecule has 3 rings (SSSR count). The van der Waals surface area contributed by atoms with Gasteiger partial charge in [-0.3, -0.25) is 4.79 Å². The standard InChI is InChI=1S/C16H21N3O4S/c1-11(20)19-8-7-13-14(5-2-6-15(13)19)18-16(21)17-10-12-4-3-9-24(12,22)23/h2,5-6,12H,3-4,7-10H2,1H3,(H2,17,18,21)/t12-/m1/s1. The average Bonchev–Trinajstić information content (AvgIpc) is 3.09. The van der Waals surface area contributed by atoms with Gasteiger partial charge in [-0.25, -0.2) is 13.2 Å². The van der Waals surface area contributed by atoms with Crippen molar-refractivity contribution in [3.63, 3.8) is 0 Å². The summed E-state index contributed by atoms with van der Waals surface area (Å²) in [6, 6.07) is 5.01. The molecule has 24 heavy (non-hydrogen) atoms. The lowest BCUT2D eigenvalue weighted by molar-refractivity contribution is -0.116. The van der Waals surface area contributed by atoms with Crippen molar-refractivity contribution in [3.05, 3.63) is 23.8 Å². The number of carbonyl (C=O) groups excluding carboxylic acids is 2. The van der Waals surface area contributed by atoms with Crippen LogP contribution in [0.2, 0.25) is 0 Å². The number of amides is 3. The fraction of sp³-hybridized carbons (Fsp3) is 0.500. The van der Waals surface area contributed by atoms with Crippen LogP contribution in [0.15, 0.2) is 18.2 Å². The van der Waals surface area contributed by atoms with Crippen LogP contribution in [0.5, 0.6) is 0 Å². The first-order valence-corrected chi connectivity index (χ1v) is 9.76. The lowest BCUT2D eigenvalue weighted by atomic mass is 10.1. The molecule has 0 aromatic heterocycles. The molecular formula is C16H21N3O4S. The van der Waals surface area contributed by atoms with Crippen molar-refractivity contribution in [2.24, 2.45) is 0 Å². The zero-order chi connectivity index (χ0) is 17.3. The first-order valence-electron chi connectivity index (χ1n) is 8.05. The molecule has 1 saturated heterocycles. The third-order valence-electron chi connectivity index (χ3n) is 4.61. The second-order valence-electron chi connectivity index (χ2n) is 6.19. The van der Waals surface area contributed by atoms with Crippen LogP contribution < -0.4 is 15.5 Å². The van der Waals surface area contributed by atoms with Gasteiger partial charge < -0.3 is 15.5 Å². The Bertz CT molecular complexity index is 776. The Kier molecular flexibility index (Phi) is 4.49. The van der Waals surface area contributed by atoms with E-state index in [9.17, 15) is 18.0 Å². The summed E-state index contributed by atoms with van der Waals surface area (Å²) in [6.45, 7) is 2.25. The summed E-state index contributed by atoms with van der Waals surface area (Å²) < 4.78 is 23.6. The molecule has 1 aromatic carbocycles. The van der Waals surface area contributed by atoms with E-state index in [1.165, 1.54) is 6.92 Å². The summed E-state index contributed by atoms with van der Waals surface area (Å²) in [5, 5.41) is 4.93. The smallest absolute Gasteiger partial charge is 0.319 e. The molecule has 0 radical (unpaired) electrons. The van der Waals surface area contributed by atoms with Gasteiger partial charge in [0.25, 0.3) is 0 Å². The molecule has 0 unspecified atom stereocenters. The van der Waals surface area contributed by atoms with Crippen LogP contribution in [0, 0.1) is 0 Å². The van der Waals surface area contributed by atoms with Gasteiger partial charge in [0, 0.05) is 37.0 Å². The van der Waals surface area contributed by atoms with Crippen molar-refractivity contribution in [1.29, 1.82) is 0 Å². The molecule has 0 saturated carbocycles. The number of rotatable bonds is 3. The van der Waals surface area contributed by atoms with E-state index < -0.39 is 21.1 Å². The van der Waals surface area contributed by atoms with Gasteiger partial charge in [0.1, 0.15) is 0 Å². The first-order chi connectivity index (χ1) is 11.4. The molecule has 0 spiro atoms. The first kappa shape index (κ1) is 16.8. The van der Waals surface area contributed by atoms with E-state index in [0.29, 0.717) is 31.5 Å². The fourth-order valence-electron chi connectivity index (χ4n) is 3.34. The summed E-state index contributed by atoms with van der Waals surface area (Å²) in [7, 11) is -3.07. The predicted octanol–water partition coefficient (Wildman–Crippen LogP) is 1.29. The lowest BCUT2D eigenvalue weighted by Crippen LogP contribution is -2.37. The van der Waals surface area contributed by atoms with Crippen LogP contribution in [0.3, 0.4) is 0 Å². The van der Waals surface area contributed by atoms with Crippen LogP contribution in [-0.4, -0.2) is 44.4 Å². The summed E-state index contributed by atoms with van der Waals surface area (Å²) in [4.78, 5) is 25.4. The number of urea groups is 1. The number of anilines is 2. The monoisotopic (exact) mass is 351 g/mol. The Labute approximate surface area is 141 Å². The van der Waals surface area contributed by atoms with Gasteiger partial charge in [0.05, 0.1) is 11.0 Å². The molecule has 7 nitrogen and oxygen atoms in total. The largest absolute Gasteiger partial charge is 0.337 e. The Morgan fingerprint density at radius 3 is 2.79 bits per heavy atom. The van der Waals surface area contributed by atoms with Crippen LogP contribution in [0.25, 0.3) is 0 Å². The number of hydrogen-bond donors (Lipinski definition) is 2. The van der Waals surface area contributed by atoms with Crippen molar-refractivity contribution in [1.82, 2.24) is 5.32 Å². The topological polar surface area (TPSA) is 95.6 Å². The number of nitrogens with one attached hydrogen (secondary N) is 2. The lowest BCUT2D eigenvalue weighted by Gasteiger charge is -2.16. The van der Waals surface area contributed by atoms with Crippen molar-refractivity contribution < 1.29 is 18.0 Å². The van der Waals surface area contributed by atoms with Gasteiger partial charge in [-0.1, -0.05) is 6.07 Å². The molecule has 130 valence electrons. The highest BCUT2D eigenvalue weighted by Crippen LogP contribution is 2.33. The summed E-state index contributed by atoms with van der Waals surface area (Å²) in [5.41, 5.74) is 2.40. The summed E-state index contributed by atoms with van der Waals surface area (Å²) >= 11 is 0. The number of benzene rings is 1. The molecule has 3 amide bonds. The van der Waals surface area contributed by atoms with Gasteiger partial charge in [-0.15, -0.1) is 0 Å². The molecule has 2 N–H and O–H groups in total. The highest BCUT2D eigenvalue weighted by molar-refractivity contribution is 7.92. The Morgan fingerprint density at radius 1 is 1.33 bits per heavy atom. The van der Waals surface area contributed by atoms with Crippen molar-refractivity contribution in [2.45, 2.75) is 31.4 Å². The maximum Gasteiger partial charge on any atom is 0.319 e. The summed E-state index contributed by atoms with van der Waals surface area (Å²) in [5.74, 6) is 0.176. The predicted molar refractivity (Wildman–Crippen MR) is 92.0 cm³/mol. The van der Waals surface area contributed by atoms with Gasteiger partial charge in [0.15, 0.2) is 9.84 Å². The number of carbonyl (C=O) groups is 2. The maximum atomic E-state index is 12.1. The third kappa shape index (κ3) is 3.24. The van der Waals surface area contributed by atoms with Gasteiger partial charge in [0.2, 0.25) is 5.91 Å². The zero-order valence-electron chi connectivity index (χ0n) is 13.5. The van der Waals surface area contributed by atoms with Crippen molar-refractivity contribution in [3.8, 4) is 0 Å². The SMILES string of the molecule is CC(=O)N1CCc2c(NC(=O)NC[C@H]3CCCS3(=O)=O)cccc21. The molecule has 2 aliphatic rings. The van der Waals surface area contributed by atoms with E-state index in [2.05, 4.69) is 10.6 Å². The van der Waals surface area contributed by atoms with Gasteiger partial charge >= 0.3 is 6.03 Å². The zero-order valence-corrected chi connectivity index (χ0v) is 14.4. The molecule has 1 fully saturated rings. The Morgan fingerprint density at radius 2 is 2.12 bits per heavy atom. The maximum absolute atomic E-state index is 12.1. The van der Waals surface area contributed by atoms with E-state index in [-0.39, 0.29) is 18.2 Å². The average molecular weight is 351 g/mol. The molecule has 1 atom stereocenters. The van der Waals surface area contributed by atoms with Crippen molar-refractivity contribution in [2.75, 3.05) is 29.1 Å². The highest BCUT2D eigenvalue weighted by Gasteiger charge is 2.31. The van der Waals surface area contributed by atoms with Crippen molar-refractivity contribution >= 4 is 33.2 Å². The van der Waals surface area contributed by atoms with Crippen LogP contribution >= 0.6 is 0 Å². The minimum atomic E-state index is -3.07. The Hall–Kier alpha value is -2.09. The van der Waals surface area contributed by atoms with E-state index in [4.69, 9.17) is 0 Å². The molecule has 1 aromatic rings. The second kappa shape index (κ2) is 6.43. The van der Waals surface area contributed by atoms with Crippen LogP contribution in [-0.2, 0) is 21.1 Å². The van der Waals surface area contributed by atoms with E-state index in [1.807, 2.05) is 6.07 Å². The summed E-state index contributed by atoms with van der Waals surface area (Å²) in [6.07, 6.45) is 1.93. The third-order valence-corrected chi connectivity index (χ3v) is 6.88. The molecule has 2 aliphatic heterocycles. The second-order valence-corrected chi connectivity index (χ2v) is 8.59.